The molecule has 2 aromatic rings. The third-order valence-corrected chi connectivity index (χ3v) is 4.54. The molecule has 1 atom stereocenters. The van der Waals surface area contributed by atoms with Gasteiger partial charge in [-0.05, 0) is 47.4 Å². The van der Waals surface area contributed by atoms with E-state index in [-0.39, 0.29) is 17.8 Å². The molecule has 1 heterocycles. The van der Waals surface area contributed by atoms with Gasteiger partial charge in [0.2, 0.25) is 0 Å². The molecule has 0 spiro atoms. The summed E-state index contributed by atoms with van der Waals surface area (Å²) in [5, 5.41) is 2.90. The maximum atomic E-state index is 12.9. The molecule has 0 saturated heterocycles. The fourth-order valence-corrected chi connectivity index (χ4v) is 3.03. The highest BCUT2D eigenvalue weighted by Gasteiger charge is 2.21. The Hall–Kier alpha value is -3.35. The average Bonchev–Trinajstić information content (AvgIpc) is 2.75. The van der Waals surface area contributed by atoms with E-state index in [0.29, 0.717) is 30.3 Å². The smallest absolute Gasteiger partial charge is 0.331 e. The molecule has 1 N–H and O–H groups in total. The van der Waals surface area contributed by atoms with Crippen LogP contribution in [0.3, 0.4) is 0 Å². The lowest BCUT2D eigenvalue weighted by Crippen LogP contribution is -2.35. The molecular formula is C23H24FNO5. The van der Waals surface area contributed by atoms with Crippen LogP contribution in [0, 0.1) is 11.7 Å². The van der Waals surface area contributed by atoms with E-state index in [1.165, 1.54) is 36.4 Å². The molecule has 1 aliphatic rings. The van der Waals surface area contributed by atoms with Crippen molar-refractivity contribution in [3.05, 3.63) is 65.5 Å². The molecular weight excluding hydrogens is 389 g/mol. The van der Waals surface area contributed by atoms with Crippen molar-refractivity contribution in [2.24, 2.45) is 5.92 Å². The first kappa shape index (κ1) is 21.4. The molecule has 2 aromatic carbocycles. The number of carbonyl (C=O) groups excluding carboxylic acids is 2. The summed E-state index contributed by atoms with van der Waals surface area (Å²) in [5.41, 5.74) is 1.53. The molecule has 0 bridgehead atoms. The number of halogens is 1. The number of carbonyl (C=O) groups is 2. The Morgan fingerprint density at radius 2 is 1.80 bits per heavy atom. The molecule has 7 heteroatoms. The lowest BCUT2D eigenvalue weighted by Gasteiger charge is -2.25. The van der Waals surface area contributed by atoms with Crippen LogP contribution in [-0.4, -0.2) is 31.7 Å². The molecule has 3 rings (SSSR count). The predicted octanol–water partition coefficient (Wildman–Crippen LogP) is 3.67. The Balaban J connectivity index is 1.55. The zero-order chi connectivity index (χ0) is 21.5. The van der Waals surface area contributed by atoms with Gasteiger partial charge in [-0.15, -0.1) is 0 Å². The van der Waals surface area contributed by atoms with E-state index < -0.39 is 18.5 Å². The van der Waals surface area contributed by atoms with Crippen LogP contribution in [0.5, 0.6) is 11.5 Å². The van der Waals surface area contributed by atoms with E-state index in [1.54, 1.807) is 0 Å². The third-order valence-electron chi connectivity index (χ3n) is 4.54. The Bertz CT molecular complexity index is 924. The quantitative estimate of drug-likeness (QED) is 0.554. The fraction of sp³-hybridized carbons (Fsp3) is 0.304. The van der Waals surface area contributed by atoms with E-state index >= 15 is 0 Å². The molecule has 0 saturated carbocycles. The molecule has 0 aliphatic carbocycles. The molecule has 30 heavy (non-hydrogen) atoms. The highest BCUT2D eigenvalue weighted by molar-refractivity contribution is 5.89. The number of hydrogen-bond acceptors (Lipinski definition) is 5. The lowest BCUT2D eigenvalue weighted by molar-refractivity contribution is -0.144. The maximum Gasteiger partial charge on any atom is 0.331 e. The van der Waals surface area contributed by atoms with E-state index in [2.05, 4.69) is 5.32 Å². The Morgan fingerprint density at radius 1 is 1.10 bits per heavy atom. The van der Waals surface area contributed by atoms with Crippen LogP contribution in [0.2, 0.25) is 0 Å². The van der Waals surface area contributed by atoms with Crippen molar-refractivity contribution in [2.75, 3.05) is 19.8 Å². The topological polar surface area (TPSA) is 73.9 Å². The summed E-state index contributed by atoms with van der Waals surface area (Å²) in [6.07, 6.45) is 2.69. The van der Waals surface area contributed by atoms with Gasteiger partial charge in [0.05, 0.1) is 6.04 Å². The standard InChI is InChI=1S/C23H24FNO5/c1-15(2)23(17-6-9-19-20(13-17)29-12-11-28-19)25-21(26)14-30-22(27)10-5-16-3-7-18(24)8-4-16/h3-10,13,15,23H,11-12,14H2,1-2H3,(H,25,26)/b10-5+/t23-/m0/s1. The first-order valence-corrected chi connectivity index (χ1v) is 9.71. The van der Waals surface area contributed by atoms with Gasteiger partial charge in [0, 0.05) is 6.08 Å². The zero-order valence-corrected chi connectivity index (χ0v) is 16.9. The highest BCUT2D eigenvalue weighted by atomic mass is 19.1. The van der Waals surface area contributed by atoms with Crippen molar-refractivity contribution >= 4 is 18.0 Å². The van der Waals surface area contributed by atoms with Crippen molar-refractivity contribution in [1.82, 2.24) is 5.32 Å². The normalized spacial score (nSPS) is 13.9. The number of esters is 1. The van der Waals surface area contributed by atoms with Crippen molar-refractivity contribution in [3.63, 3.8) is 0 Å². The highest BCUT2D eigenvalue weighted by Crippen LogP contribution is 2.34. The molecule has 158 valence electrons. The number of ether oxygens (including phenoxy) is 3. The first-order chi connectivity index (χ1) is 14.4. The van der Waals surface area contributed by atoms with Crippen LogP contribution in [0.1, 0.15) is 31.0 Å². The van der Waals surface area contributed by atoms with Crippen molar-refractivity contribution < 1.29 is 28.2 Å². The van der Waals surface area contributed by atoms with E-state index in [1.807, 2.05) is 32.0 Å². The second kappa shape index (κ2) is 9.91. The van der Waals surface area contributed by atoms with E-state index in [9.17, 15) is 14.0 Å². The summed E-state index contributed by atoms with van der Waals surface area (Å²) >= 11 is 0. The molecule has 0 unspecified atom stereocenters. The molecule has 0 aromatic heterocycles. The minimum atomic E-state index is -0.657. The van der Waals surface area contributed by atoms with Gasteiger partial charge in [-0.2, -0.15) is 0 Å². The summed E-state index contributed by atoms with van der Waals surface area (Å²) in [6.45, 7) is 4.56. The minimum Gasteiger partial charge on any atom is -0.486 e. The molecule has 1 aliphatic heterocycles. The molecule has 1 amide bonds. The Morgan fingerprint density at radius 3 is 2.50 bits per heavy atom. The monoisotopic (exact) mass is 413 g/mol. The third kappa shape index (κ3) is 5.83. The van der Waals surface area contributed by atoms with Gasteiger partial charge in [-0.1, -0.05) is 32.0 Å². The van der Waals surface area contributed by atoms with Gasteiger partial charge in [-0.25, -0.2) is 9.18 Å². The second-order valence-electron chi connectivity index (χ2n) is 7.18. The van der Waals surface area contributed by atoms with Gasteiger partial charge >= 0.3 is 5.97 Å². The summed E-state index contributed by atoms with van der Waals surface area (Å²) in [7, 11) is 0. The van der Waals surface area contributed by atoms with Crippen molar-refractivity contribution in [2.45, 2.75) is 19.9 Å². The fourth-order valence-electron chi connectivity index (χ4n) is 3.03. The number of nitrogens with one attached hydrogen (secondary N) is 1. The van der Waals surface area contributed by atoms with Crippen LogP contribution >= 0.6 is 0 Å². The van der Waals surface area contributed by atoms with E-state index in [4.69, 9.17) is 14.2 Å². The molecule has 0 radical (unpaired) electrons. The molecule has 6 nitrogen and oxygen atoms in total. The lowest BCUT2D eigenvalue weighted by atomic mass is 9.95. The van der Waals surface area contributed by atoms with Gasteiger partial charge in [0.1, 0.15) is 19.0 Å². The van der Waals surface area contributed by atoms with E-state index in [0.717, 1.165) is 5.56 Å². The van der Waals surface area contributed by atoms with Gasteiger partial charge in [0.15, 0.2) is 18.1 Å². The van der Waals surface area contributed by atoms with Gasteiger partial charge < -0.3 is 19.5 Å². The van der Waals surface area contributed by atoms with Crippen LogP contribution in [0.4, 0.5) is 4.39 Å². The second-order valence-corrected chi connectivity index (χ2v) is 7.18. The maximum absolute atomic E-state index is 12.9. The summed E-state index contributed by atoms with van der Waals surface area (Å²) < 4.78 is 29.0. The van der Waals surface area contributed by atoms with Crippen LogP contribution < -0.4 is 14.8 Å². The number of fused-ring (bicyclic) bond motifs is 1. The number of hydrogen-bond donors (Lipinski definition) is 1. The summed E-state index contributed by atoms with van der Waals surface area (Å²) in [4.78, 5) is 24.2. The average molecular weight is 413 g/mol. The van der Waals surface area contributed by atoms with Crippen molar-refractivity contribution in [3.8, 4) is 11.5 Å². The molecule has 0 fully saturated rings. The predicted molar refractivity (Wildman–Crippen MR) is 110 cm³/mol. The number of amides is 1. The SMILES string of the molecule is CC(C)[C@H](NC(=O)COC(=O)/C=C/c1ccc(F)cc1)c1ccc2c(c1)OCCO2. The minimum absolute atomic E-state index is 0.102. The van der Waals surface area contributed by atoms with Crippen LogP contribution in [-0.2, 0) is 14.3 Å². The van der Waals surface area contributed by atoms with Crippen LogP contribution in [0.15, 0.2) is 48.5 Å². The number of benzene rings is 2. The summed E-state index contributed by atoms with van der Waals surface area (Å²) in [6, 6.07) is 10.9. The Kier molecular flexibility index (Phi) is 7.06. The zero-order valence-electron chi connectivity index (χ0n) is 16.9. The summed E-state index contributed by atoms with van der Waals surface area (Å²) in [5.74, 6) is 0.00781. The largest absolute Gasteiger partial charge is 0.486 e. The van der Waals surface area contributed by atoms with Gasteiger partial charge in [0.25, 0.3) is 5.91 Å². The van der Waals surface area contributed by atoms with Gasteiger partial charge in [-0.3, -0.25) is 4.79 Å². The van der Waals surface area contributed by atoms with Crippen LogP contribution in [0.25, 0.3) is 6.08 Å². The Labute approximate surface area is 174 Å². The van der Waals surface area contributed by atoms with Crippen molar-refractivity contribution in [1.29, 1.82) is 0 Å². The number of rotatable bonds is 7. The first-order valence-electron chi connectivity index (χ1n) is 9.71.